The van der Waals surface area contributed by atoms with Crippen LogP contribution < -0.4 is 10.3 Å². The third-order valence-corrected chi connectivity index (χ3v) is 6.35. The molecular weight excluding hydrogens is 416 g/mol. The molecule has 2 aliphatic heterocycles. The van der Waals surface area contributed by atoms with Gasteiger partial charge >= 0.3 is 0 Å². The van der Waals surface area contributed by atoms with E-state index in [2.05, 4.69) is 34.2 Å². The van der Waals surface area contributed by atoms with Gasteiger partial charge in [0.25, 0.3) is 11.5 Å². The number of ether oxygens (including phenoxy) is 1. The summed E-state index contributed by atoms with van der Waals surface area (Å²) in [6, 6.07) is 15.5. The summed E-state index contributed by atoms with van der Waals surface area (Å²) in [4.78, 5) is 34.2. The number of carbonyl (C=O) groups is 1. The third kappa shape index (κ3) is 4.83. The number of benzene rings is 2. The van der Waals surface area contributed by atoms with Crippen molar-refractivity contribution in [3.63, 3.8) is 0 Å². The Hall–Kier alpha value is -3.45. The number of piperazine rings is 1. The van der Waals surface area contributed by atoms with Crippen molar-refractivity contribution in [1.29, 1.82) is 0 Å². The molecule has 0 saturated carbocycles. The number of aryl methyl sites for hydroxylation is 1. The van der Waals surface area contributed by atoms with Crippen molar-refractivity contribution >= 4 is 22.9 Å². The number of carbonyl (C=O) groups excluding carboxylic acids is 1. The molecular formula is C26H28N4O3. The zero-order chi connectivity index (χ0) is 22.6. The van der Waals surface area contributed by atoms with E-state index in [0.717, 1.165) is 38.3 Å². The van der Waals surface area contributed by atoms with Crippen LogP contribution in [-0.2, 0) is 17.8 Å². The molecule has 1 aromatic heterocycles. The Kier molecular flexibility index (Phi) is 6.21. The van der Waals surface area contributed by atoms with E-state index in [9.17, 15) is 9.59 Å². The van der Waals surface area contributed by atoms with Crippen LogP contribution in [0.25, 0.3) is 17.0 Å². The highest BCUT2D eigenvalue weighted by Crippen LogP contribution is 2.20. The minimum atomic E-state index is -0.0293. The van der Waals surface area contributed by atoms with Crippen molar-refractivity contribution < 1.29 is 9.53 Å². The maximum atomic E-state index is 12.7. The lowest BCUT2D eigenvalue weighted by molar-refractivity contribution is -0.135. The Morgan fingerprint density at radius 2 is 1.85 bits per heavy atom. The zero-order valence-electron chi connectivity index (χ0n) is 18.7. The molecule has 1 fully saturated rings. The molecule has 2 aromatic carbocycles. The first-order chi connectivity index (χ1) is 16.2. The van der Waals surface area contributed by atoms with Gasteiger partial charge in [0, 0.05) is 45.7 Å². The zero-order valence-corrected chi connectivity index (χ0v) is 18.7. The molecule has 1 amide bonds. The highest BCUT2D eigenvalue weighted by molar-refractivity contribution is 5.80. The number of hydrogen-bond donors (Lipinski definition) is 0. The normalized spacial score (nSPS) is 16.4. The van der Waals surface area contributed by atoms with Gasteiger partial charge in [-0.25, -0.2) is 4.98 Å². The Morgan fingerprint density at radius 3 is 2.67 bits per heavy atom. The molecule has 2 aliphatic rings. The molecule has 0 spiro atoms. The Bertz CT molecular complexity index is 1230. The van der Waals surface area contributed by atoms with Crippen molar-refractivity contribution in [3.05, 3.63) is 76.3 Å². The smallest absolute Gasteiger partial charge is 0.261 e. The number of fused-ring (bicyclic) bond motifs is 2. The maximum Gasteiger partial charge on any atom is 0.261 e. The predicted molar refractivity (Wildman–Crippen MR) is 128 cm³/mol. The van der Waals surface area contributed by atoms with Crippen LogP contribution in [0.15, 0.2) is 59.4 Å². The number of amides is 1. The van der Waals surface area contributed by atoms with E-state index in [1.807, 2.05) is 23.1 Å². The van der Waals surface area contributed by atoms with Gasteiger partial charge in [0.05, 0.1) is 10.9 Å². The molecule has 0 N–H and O–H groups in total. The average molecular weight is 445 g/mol. The first kappa shape index (κ1) is 21.4. The van der Waals surface area contributed by atoms with E-state index in [1.54, 1.807) is 22.8 Å². The standard InChI is InChI=1S/C26H28N4O3/c31-25(29-16-14-28(15-17-29)12-4-8-20-6-2-1-3-7-20)19-33-21-10-11-23-22(18-21)26(32)30-13-5-9-24(30)27-23/h1-4,6-8,10-11,18H,5,9,12-17,19H2/b8-4+. The minimum Gasteiger partial charge on any atom is -0.484 e. The summed E-state index contributed by atoms with van der Waals surface area (Å²) < 4.78 is 7.49. The Balaban J connectivity index is 1.12. The highest BCUT2D eigenvalue weighted by atomic mass is 16.5. The lowest BCUT2D eigenvalue weighted by Gasteiger charge is -2.34. The molecule has 5 rings (SSSR count). The van der Waals surface area contributed by atoms with E-state index in [4.69, 9.17) is 4.74 Å². The molecule has 33 heavy (non-hydrogen) atoms. The van der Waals surface area contributed by atoms with Crippen LogP contribution in [0, 0.1) is 0 Å². The van der Waals surface area contributed by atoms with Crippen LogP contribution in [0.2, 0.25) is 0 Å². The first-order valence-corrected chi connectivity index (χ1v) is 11.6. The number of hydrogen-bond acceptors (Lipinski definition) is 5. The van der Waals surface area contributed by atoms with Crippen molar-refractivity contribution in [2.24, 2.45) is 0 Å². The fourth-order valence-corrected chi connectivity index (χ4v) is 4.47. The van der Waals surface area contributed by atoms with Gasteiger partial charge in [0.15, 0.2) is 6.61 Å². The molecule has 0 aliphatic carbocycles. The summed E-state index contributed by atoms with van der Waals surface area (Å²) in [5.41, 5.74) is 1.85. The van der Waals surface area contributed by atoms with Crippen LogP contribution in [0.4, 0.5) is 0 Å². The molecule has 1 saturated heterocycles. The lowest BCUT2D eigenvalue weighted by Crippen LogP contribution is -2.49. The van der Waals surface area contributed by atoms with Crippen LogP contribution in [0.1, 0.15) is 17.8 Å². The summed E-state index contributed by atoms with van der Waals surface area (Å²) in [7, 11) is 0. The first-order valence-electron chi connectivity index (χ1n) is 11.6. The topological polar surface area (TPSA) is 67.7 Å². The van der Waals surface area contributed by atoms with Gasteiger partial charge in [-0.3, -0.25) is 19.1 Å². The molecule has 0 unspecified atom stereocenters. The quantitative estimate of drug-likeness (QED) is 0.585. The van der Waals surface area contributed by atoms with Gasteiger partial charge in [-0.2, -0.15) is 0 Å². The van der Waals surface area contributed by atoms with Crippen LogP contribution in [-0.4, -0.2) is 64.6 Å². The second-order valence-corrected chi connectivity index (χ2v) is 8.55. The van der Waals surface area contributed by atoms with Crippen molar-refractivity contribution in [2.75, 3.05) is 39.3 Å². The highest BCUT2D eigenvalue weighted by Gasteiger charge is 2.21. The fraction of sp³-hybridized carbons (Fsp3) is 0.346. The molecule has 0 atom stereocenters. The van der Waals surface area contributed by atoms with Crippen LogP contribution in [0.5, 0.6) is 5.75 Å². The van der Waals surface area contributed by atoms with E-state index in [-0.39, 0.29) is 18.1 Å². The van der Waals surface area contributed by atoms with Gasteiger partial charge in [0.1, 0.15) is 11.6 Å². The average Bonchev–Trinajstić information content (AvgIpc) is 3.33. The predicted octanol–water partition coefficient (Wildman–Crippen LogP) is 2.58. The van der Waals surface area contributed by atoms with Gasteiger partial charge in [0.2, 0.25) is 0 Å². The molecule has 0 bridgehead atoms. The molecule has 3 aromatic rings. The van der Waals surface area contributed by atoms with E-state index in [0.29, 0.717) is 36.3 Å². The second kappa shape index (κ2) is 9.58. The molecule has 3 heterocycles. The van der Waals surface area contributed by atoms with Crippen LogP contribution in [0.3, 0.4) is 0 Å². The summed E-state index contributed by atoms with van der Waals surface area (Å²) >= 11 is 0. The summed E-state index contributed by atoms with van der Waals surface area (Å²) in [6.07, 6.45) is 6.09. The van der Waals surface area contributed by atoms with Gasteiger partial charge in [-0.1, -0.05) is 42.5 Å². The van der Waals surface area contributed by atoms with Gasteiger partial charge in [-0.05, 0) is 30.2 Å². The monoisotopic (exact) mass is 444 g/mol. The number of rotatable bonds is 6. The second-order valence-electron chi connectivity index (χ2n) is 8.55. The Labute approximate surface area is 192 Å². The lowest BCUT2D eigenvalue weighted by atomic mass is 10.2. The van der Waals surface area contributed by atoms with Gasteiger partial charge < -0.3 is 9.64 Å². The van der Waals surface area contributed by atoms with Crippen LogP contribution >= 0.6 is 0 Å². The number of aromatic nitrogens is 2. The largest absolute Gasteiger partial charge is 0.484 e. The van der Waals surface area contributed by atoms with Crippen molar-refractivity contribution in [3.8, 4) is 5.75 Å². The number of nitrogens with zero attached hydrogens (tertiary/aromatic N) is 4. The van der Waals surface area contributed by atoms with Crippen molar-refractivity contribution in [2.45, 2.75) is 19.4 Å². The summed E-state index contributed by atoms with van der Waals surface area (Å²) in [5, 5.41) is 0.544. The SMILES string of the molecule is O=C(COc1ccc2nc3n(c(=O)c2c1)CCC3)N1CCN(C/C=C/c2ccccc2)CC1. The maximum absolute atomic E-state index is 12.7. The third-order valence-electron chi connectivity index (χ3n) is 6.35. The molecule has 7 heteroatoms. The fourth-order valence-electron chi connectivity index (χ4n) is 4.47. The van der Waals surface area contributed by atoms with E-state index < -0.39 is 0 Å². The summed E-state index contributed by atoms with van der Waals surface area (Å²) in [5.74, 6) is 1.35. The van der Waals surface area contributed by atoms with Gasteiger partial charge in [-0.15, -0.1) is 0 Å². The molecule has 7 nitrogen and oxygen atoms in total. The Morgan fingerprint density at radius 1 is 1.03 bits per heavy atom. The van der Waals surface area contributed by atoms with E-state index in [1.165, 1.54) is 5.56 Å². The van der Waals surface area contributed by atoms with E-state index >= 15 is 0 Å². The van der Waals surface area contributed by atoms with Crippen molar-refractivity contribution in [1.82, 2.24) is 19.4 Å². The molecule has 170 valence electrons. The minimum absolute atomic E-state index is 0.0262. The summed E-state index contributed by atoms with van der Waals surface area (Å²) in [6.45, 7) is 4.63. The molecule has 0 radical (unpaired) electrons.